The number of amides is 2. The molecule has 1 aliphatic heterocycles. The minimum absolute atomic E-state index is 0.0577. The van der Waals surface area contributed by atoms with Gasteiger partial charge in [0.1, 0.15) is 12.4 Å². The predicted octanol–water partition coefficient (Wildman–Crippen LogP) is 5.01. The van der Waals surface area contributed by atoms with E-state index in [4.69, 9.17) is 4.98 Å². The fraction of sp³-hybridized carbons (Fsp3) is 0.464. The van der Waals surface area contributed by atoms with Crippen molar-refractivity contribution in [1.29, 1.82) is 0 Å². The maximum absolute atomic E-state index is 13.5. The van der Waals surface area contributed by atoms with Crippen LogP contribution in [-0.4, -0.2) is 45.9 Å². The Hall–Kier alpha value is -3.15. The van der Waals surface area contributed by atoms with E-state index in [9.17, 15) is 9.59 Å². The normalized spacial score (nSPS) is 16.3. The van der Waals surface area contributed by atoms with Gasteiger partial charge >= 0.3 is 0 Å². The molecule has 0 spiro atoms. The van der Waals surface area contributed by atoms with Gasteiger partial charge in [0.15, 0.2) is 0 Å². The summed E-state index contributed by atoms with van der Waals surface area (Å²) in [5.74, 6) is 1.77. The molecule has 3 aromatic rings. The van der Waals surface area contributed by atoms with Crippen molar-refractivity contribution in [3.8, 4) is 0 Å². The molecule has 180 valence electrons. The molecule has 6 nitrogen and oxygen atoms in total. The Kier molecular flexibility index (Phi) is 7.05. The Bertz CT molecular complexity index is 1150. The lowest BCUT2D eigenvalue weighted by Gasteiger charge is -2.27. The first-order valence-corrected chi connectivity index (χ1v) is 12.3. The zero-order chi connectivity index (χ0) is 24.4. The summed E-state index contributed by atoms with van der Waals surface area (Å²) in [5, 5.41) is 0. The fourth-order valence-electron chi connectivity index (χ4n) is 4.82. The first-order valence-electron chi connectivity index (χ1n) is 12.3. The van der Waals surface area contributed by atoms with Crippen LogP contribution in [0, 0.1) is 18.8 Å². The van der Waals surface area contributed by atoms with Crippen molar-refractivity contribution in [2.24, 2.45) is 11.8 Å². The third kappa shape index (κ3) is 5.16. The van der Waals surface area contributed by atoms with E-state index in [1.807, 2.05) is 69.8 Å². The monoisotopic (exact) mass is 460 g/mol. The van der Waals surface area contributed by atoms with Crippen LogP contribution in [0.15, 0.2) is 48.5 Å². The SMILES string of the molecule is Cc1ccc(N2C[C@H](c3nc4ccccc4n3CC(=O)N(CC(C)C)CC(C)C)CC2=O)cc1. The van der Waals surface area contributed by atoms with E-state index in [-0.39, 0.29) is 24.3 Å². The van der Waals surface area contributed by atoms with Gasteiger partial charge in [-0.2, -0.15) is 0 Å². The average Bonchev–Trinajstić information content (AvgIpc) is 3.34. The molecule has 0 radical (unpaired) electrons. The van der Waals surface area contributed by atoms with E-state index in [2.05, 4.69) is 27.7 Å². The second-order valence-corrected chi connectivity index (χ2v) is 10.4. The second kappa shape index (κ2) is 10.00. The number of para-hydroxylation sites is 2. The average molecular weight is 461 g/mol. The van der Waals surface area contributed by atoms with E-state index in [1.165, 1.54) is 5.56 Å². The summed E-state index contributed by atoms with van der Waals surface area (Å²) in [4.78, 5) is 35.2. The van der Waals surface area contributed by atoms with E-state index in [1.54, 1.807) is 0 Å². The Labute approximate surface area is 202 Å². The number of carbonyl (C=O) groups excluding carboxylic acids is 2. The third-order valence-electron chi connectivity index (χ3n) is 6.34. The van der Waals surface area contributed by atoms with Crippen LogP contribution in [-0.2, 0) is 16.1 Å². The number of hydrogen-bond donors (Lipinski definition) is 0. The number of fused-ring (bicyclic) bond motifs is 1. The van der Waals surface area contributed by atoms with Crippen LogP contribution in [0.25, 0.3) is 11.0 Å². The number of hydrogen-bond acceptors (Lipinski definition) is 3. The van der Waals surface area contributed by atoms with Crippen LogP contribution >= 0.6 is 0 Å². The molecule has 1 atom stereocenters. The Balaban J connectivity index is 1.65. The highest BCUT2D eigenvalue weighted by Gasteiger charge is 2.35. The molecule has 2 aromatic carbocycles. The minimum Gasteiger partial charge on any atom is -0.341 e. The van der Waals surface area contributed by atoms with E-state index in [0.717, 1.165) is 35.6 Å². The molecule has 0 bridgehead atoms. The molecule has 6 heteroatoms. The van der Waals surface area contributed by atoms with Crippen molar-refractivity contribution in [2.75, 3.05) is 24.5 Å². The maximum Gasteiger partial charge on any atom is 0.242 e. The molecule has 34 heavy (non-hydrogen) atoms. The maximum atomic E-state index is 13.5. The van der Waals surface area contributed by atoms with E-state index in [0.29, 0.717) is 24.8 Å². The number of aryl methyl sites for hydroxylation is 1. The number of anilines is 1. The van der Waals surface area contributed by atoms with Crippen molar-refractivity contribution in [3.05, 3.63) is 59.9 Å². The van der Waals surface area contributed by atoms with Gasteiger partial charge in [-0.1, -0.05) is 57.5 Å². The summed E-state index contributed by atoms with van der Waals surface area (Å²) in [6.45, 7) is 12.9. The predicted molar refractivity (Wildman–Crippen MR) is 137 cm³/mol. The van der Waals surface area contributed by atoms with Gasteiger partial charge in [-0.3, -0.25) is 9.59 Å². The van der Waals surface area contributed by atoms with Gasteiger partial charge in [-0.05, 0) is 43.0 Å². The van der Waals surface area contributed by atoms with Crippen LogP contribution in [0.3, 0.4) is 0 Å². The van der Waals surface area contributed by atoms with Crippen molar-refractivity contribution >= 4 is 28.5 Å². The molecule has 0 unspecified atom stereocenters. The quantitative estimate of drug-likeness (QED) is 0.475. The topological polar surface area (TPSA) is 58.4 Å². The van der Waals surface area contributed by atoms with E-state index < -0.39 is 0 Å². The number of carbonyl (C=O) groups is 2. The molecule has 1 aromatic heterocycles. The zero-order valence-corrected chi connectivity index (χ0v) is 21.0. The first kappa shape index (κ1) is 24.0. The van der Waals surface area contributed by atoms with Gasteiger partial charge in [0.25, 0.3) is 0 Å². The van der Waals surface area contributed by atoms with Crippen molar-refractivity contribution in [3.63, 3.8) is 0 Å². The molecule has 0 N–H and O–H groups in total. The standard InChI is InChI=1S/C28H36N4O2/c1-19(2)15-30(16-20(3)4)27(34)18-32-25-9-7-6-8-24(25)29-28(32)22-14-26(33)31(17-22)23-12-10-21(5)11-13-23/h6-13,19-20,22H,14-18H2,1-5H3/t22-/m1/s1. The molecule has 1 fully saturated rings. The summed E-state index contributed by atoms with van der Waals surface area (Å²) >= 11 is 0. The molecule has 0 saturated carbocycles. The summed E-state index contributed by atoms with van der Waals surface area (Å²) in [6.07, 6.45) is 0.396. The highest BCUT2D eigenvalue weighted by atomic mass is 16.2. The van der Waals surface area contributed by atoms with E-state index >= 15 is 0 Å². The first-order chi connectivity index (χ1) is 16.2. The summed E-state index contributed by atoms with van der Waals surface area (Å²) in [5.41, 5.74) is 3.89. The lowest BCUT2D eigenvalue weighted by molar-refractivity contribution is -0.132. The van der Waals surface area contributed by atoms with Crippen LogP contribution in [0.2, 0.25) is 0 Å². The van der Waals surface area contributed by atoms with Crippen molar-refractivity contribution in [1.82, 2.24) is 14.5 Å². The molecule has 0 aliphatic carbocycles. The number of nitrogens with zero attached hydrogens (tertiary/aromatic N) is 4. The Morgan fingerprint density at radius 2 is 1.68 bits per heavy atom. The van der Waals surface area contributed by atoms with Gasteiger partial charge in [0.2, 0.25) is 11.8 Å². The minimum atomic E-state index is -0.0577. The fourth-order valence-corrected chi connectivity index (χ4v) is 4.82. The Morgan fingerprint density at radius 3 is 2.32 bits per heavy atom. The largest absolute Gasteiger partial charge is 0.341 e. The number of rotatable bonds is 8. The molecular weight excluding hydrogens is 424 g/mol. The van der Waals surface area contributed by atoms with Crippen LogP contribution in [0.5, 0.6) is 0 Å². The highest BCUT2D eigenvalue weighted by Crippen LogP contribution is 2.33. The lowest BCUT2D eigenvalue weighted by atomic mass is 10.1. The van der Waals surface area contributed by atoms with Crippen molar-refractivity contribution in [2.45, 2.75) is 53.5 Å². The van der Waals surface area contributed by atoms with Crippen molar-refractivity contribution < 1.29 is 9.59 Å². The van der Waals surface area contributed by atoms with Crippen LogP contribution in [0.1, 0.15) is 51.4 Å². The lowest BCUT2D eigenvalue weighted by Crippen LogP contribution is -2.39. The van der Waals surface area contributed by atoms with Crippen LogP contribution in [0.4, 0.5) is 5.69 Å². The highest BCUT2D eigenvalue weighted by molar-refractivity contribution is 5.96. The van der Waals surface area contributed by atoms with Gasteiger partial charge in [0.05, 0.1) is 11.0 Å². The molecule has 1 aliphatic rings. The van der Waals surface area contributed by atoms with Crippen LogP contribution < -0.4 is 4.90 Å². The van der Waals surface area contributed by atoms with Gasteiger partial charge in [0, 0.05) is 37.7 Å². The molecule has 1 saturated heterocycles. The Morgan fingerprint density at radius 1 is 1.03 bits per heavy atom. The third-order valence-corrected chi connectivity index (χ3v) is 6.34. The van der Waals surface area contributed by atoms with Gasteiger partial charge in [-0.15, -0.1) is 0 Å². The summed E-state index contributed by atoms with van der Waals surface area (Å²) in [6, 6.07) is 16.0. The molecule has 2 heterocycles. The zero-order valence-electron chi connectivity index (χ0n) is 21.0. The number of benzene rings is 2. The molecule has 4 rings (SSSR count). The smallest absolute Gasteiger partial charge is 0.242 e. The second-order valence-electron chi connectivity index (χ2n) is 10.4. The molecule has 2 amide bonds. The molecular formula is C28H36N4O2. The summed E-state index contributed by atoms with van der Waals surface area (Å²) in [7, 11) is 0. The number of imidazole rings is 1. The van der Waals surface area contributed by atoms with Gasteiger partial charge < -0.3 is 14.4 Å². The summed E-state index contributed by atoms with van der Waals surface area (Å²) < 4.78 is 2.04. The number of aromatic nitrogens is 2. The van der Waals surface area contributed by atoms with Gasteiger partial charge in [-0.25, -0.2) is 4.98 Å².